The van der Waals surface area contributed by atoms with Crippen LogP contribution in [0.15, 0.2) is 30.3 Å². The van der Waals surface area contributed by atoms with E-state index in [1.807, 2.05) is 30.3 Å². The number of esters is 1. The van der Waals surface area contributed by atoms with E-state index in [9.17, 15) is 4.79 Å². The van der Waals surface area contributed by atoms with Gasteiger partial charge >= 0.3 is 5.97 Å². The molecule has 0 bridgehead atoms. The van der Waals surface area contributed by atoms with Crippen molar-refractivity contribution in [3.63, 3.8) is 0 Å². The van der Waals surface area contributed by atoms with Crippen LogP contribution in [-0.2, 0) is 19.0 Å². The van der Waals surface area contributed by atoms with Crippen LogP contribution in [-0.4, -0.2) is 25.5 Å². The summed E-state index contributed by atoms with van der Waals surface area (Å²) < 4.78 is 16.0. The minimum absolute atomic E-state index is 0.104. The zero-order chi connectivity index (χ0) is 12.3. The van der Waals surface area contributed by atoms with E-state index in [2.05, 4.69) is 4.74 Å². The maximum atomic E-state index is 11.2. The molecule has 1 aromatic rings. The summed E-state index contributed by atoms with van der Waals surface area (Å²) >= 11 is 0. The molecule has 0 spiro atoms. The Balaban J connectivity index is 2.02. The van der Waals surface area contributed by atoms with Crippen molar-refractivity contribution >= 4 is 5.97 Å². The van der Waals surface area contributed by atoms with Gasteiger partial charge in [-0.25, -0.2) is 0 Å². The number of carbonyl (C=O) groups is 1. The fourth-order valence-corrected chi connectivity index (χ4v) is 1.88. The maximum Gasteiger partial charge on any atom is 0.310 e. The van der Waals surface area contributed by atoms with Crippen LogP contribution in [0.5, 0.6) is 0 Å². The third-order valence-corrected chi connectivity index (χ3v) is 2.80. The highest BCUT2D eigenvalue weighted by molar-refractivity contribution is 5.70. The van der Waals surface area contributed by atoms with Gasteiger partial charge < -0.3 is 14.2 Å². The van der Waals surface area contributed by atoms with Crippen LogP contribution in [0.2, 0.25) is 0 Å². The molecule has 1 fully saturated rings. The number of methoxy groups -OCH3 is 1. The quantitative estimate of drug-likeness (QED) is 0.753. The van der Waals surface area contributed by atoms with E-state index in [1.54, 1.807) is 6.92 Å². The van der Waals surface area contributed by atoms with E-state index >= 15 is 0 Å². The molecule has 1 aromatic carbocycles. The van der Waals surface area contributed by atoms with Gasteiger partial charge in [-0.2, -0.15) is 0 Å². The SMILES string of the molecule is COC(=O)C[C@]1(C)OC[C@@H](c2ccccc2)O1. The third-order valence-electron chi connectivity index (χ3n) is 2.80. The Kier molecular flexibility index (Phi) is 3.45. The molecule has 1 aliphatic heterocycles. The van der Waals surface area contributed by atoms with Crippen molar-refractivity contribution < 1.29 is 19.0 Å². The second-order valence-corrected chi connectivity index (χ2v) is 4.21. The topological polar surface area (TPSA) is 44.8 Å². The summed E-state index contributed by atoms with van der Waals surface area (Å²) in [6, 6.07) is 9.83. The average Bonchev–Trinajstić information content (AvgIpc) is 2.72. The van der Waals surface area contributed by atoms with Crippen molar-refractivity contribution in [2.24, 2.45) is 0 Å². The van der Waals surface area contributed by atoms with Gasteiger partial charge in [-0.05, 0) is 12.5 Å². The fraction of sp³-hybridized carbons (Fsp3) is 0.462. The first-order valence-electron chi connectivity index (χ1n) is 5.56. The van der Waals surface area contributed by atoms with E-state index in [0.717, 1.165) is 5.56 Å². The number of hydrogen-bond acceptors (Lipinski definition) is 4. The van der Waals surface area contributed by atoms with Crippen molar-refractivity contribution in [3.05, 3.63) is 35.9 Å². The van der Waals surface area contributed by atoms with E-state index in [4.69, 9.17) is 9.47 Å². The molecule has 92 valence electrons. The van der Waals surface area contributed by atoms with E-state index in [0.29, 0.717) is 6.61 Å². The molecule has 1 saturated heterocycles. The van der Waals surface area contributed by atoms with Gasteiger partial charge in [0.15, 0.2) is 5.79 Å². The number of hydrogen-bond donors (Lipinski definition) is 0. The lowest BCUT2D eigenvalue weighted by atomic mass is 10.1. The minimum atomic E-state index is -0.881. The molecule has 0 amide bonds. The van der Waals surface area contributed by atoms with Crippen LogP contribution >= 0.6 is 0 Å². The minimum Gasteiger partial charge on any atom is -0.469 e. The molecule has 1 aliphatic rings. The molecule has 0 saturated carbocycles. The van der Waals surface area contributed by atoms with Gasteiger partial charge in [-0.15, -0.1) is 0 Å². The number of rotatable bonds is 3. The van der Waals surface area contributed by atoms with E-state index < -0.39 is 5.79 Å². The predicted octanol–water partition coefficient (Wildman–Crippen LogP) is 2.05. The van der Waals surface area contributed by atoms with E-state index in [1.165, 1.54) is 7.11 Å². The predicted molar refractivity (Wildman–Crippen MR) is 61.3 cm³/mol. The molecule has 2 rings (SSSR count). The molecule has 0 N–H and O–H groups in total. The van der Waals surface area contributed by atoms with Gasteiger partial charge in [-0.1, -0.05) is 30.3 Å². The zero-order valence-electron chi connectivity index (χ0n) is 10.0. The van der Waals surface area contributed by atoms with Crippen LogP contribution in [0.4, 0.5) is 0 Å². The normalized spacial score (nSPS) is 28.0. The highest BCUT2D eigenvalue weighted by atomic mass is 16.7. The maximum absolute atomic E-state index is 11.2. The molecule has 4 heteroatoms. The van der Waals surface area contributed by atoms with Gasteiger partial charge in [0.2, 0.25) is 0 Å². The summed E-state index contributed by atoms with van der Waals surface area (Å²) in [7, 11) is 1.36. The number of benzene rings is 1. The van der Waals surface area contributed by atoms with Crippen LogP contribution < -0.4 is 0 Å². The molecule has 4 nitrogen and oxygen atoms in total. The van der Waals surface area contributed by atoms with Gasteiger partial charge in [0.1, 0.15) is 6.10 Å². The van der Waals surface area contributed by atoms with Crippen molar-refractivity contribution in [1.82, 2.24) is 0 Å². The molecule has 0 aliphatic carbocycles. The molecule has 0 aromatic heterocycles. The Morgan fingerprint density at radius 2 is 2.18 bits per heavy atom. The highest BCUT2D eigenvalue weighted by Crippen LogP contribution is 2.35. The highest BCUT2D eigenvalue weighted by Gasteiger charge is 2.39. The lowest BCUT2D eigenvalue weighted by Crippen LogP contribution is -2.29. The largest absolute Gasteiger partial charge is 0.469 e. The summed E-state index contributed by atoms with van der Waals surface area (Å²) in [4.78, 5) is 11.2. The van der Waals surface area contributed by atoms with Crippen LogP contribution in [0.1, 0.15) is 25.0 Å². The summed E-state index contributed by atoms with van der Waals surface area (Å²) in [5, 5.41) is 0. The van der Waals surface area contributed by atoms with Crippen molar-refractivity contribution in [1.29, 1.82) is 0 Å². The summed E-state index contributed by atoms with van der Waals surface area (Å²) in [5.41, 5.74) is 1.06. The Hall–Kier alpha value is -1.39. The van der Waals surface area contributed by atoms with Crippen molar-refractivity contribution in [3.8, 4) is 0 Å². The molecular formula is C13H16O4. The fourth-order valence-electron chi connectivity index (χ4n) is 1.88. The Morgan fingerprint density at radius 1 is 1.47 bits per heavy atom. The van der Waals surface area contributed by atoms with Gasteiger partial charge in [0.25, 0.3) is 0 Å². The monoisotopic (exact) mass is 236 g/mol. The first-order valence-corrected chi connectivity index (χ1v) is 5.56. The van der Waals surface area contributed by atoms with Crippen LogP contribution in [0.3, 0.4) is 0 Å². The van der Waals surface area contributed by atoms with Crippen LogP contribution in [0.25, 0.3) is 0 Å². The second kappa shape index (κ2) is 4.85. The number of ether oxygens (including phenoxy) is 3. The first-order chi connectivity index (χ1) is 8.13. The third kappa shape index (κ3) is 2.84. The molecule has 0 radical (unpaired) electrons. The molecule has 17 heavy (non-hydrogen) atoms. The van der Waals surface area contributed by atoms with E-state index in [-0.39, 0.29) is 18.5 Å². The molecule has 1 heterocycles. The summed E-state index contributed by atoms with van der Waals surface area (Å²) in [6.45, 7) is 2.21. The molecule has 2 atom stereocenters. The number of carbonyl (C=O) groups excluding carboxylic acids is 1. The standard InChI is InChI=1S/C13H16O4/c1-13(8-12(14)15-2)16-9-11(17-13)10-6-4-3-5-7-10/h3-7,11H,8-9H2,1-2H3/t11-,13+/m0/s1. The summed E-state index contributed by atoms with van der Waals surface area (Å²) in [6.07, 6.45) is -0.0156. The lowest BCUT2D eigenvalue weighted by molar-refractivity contribution is -0.178. The summed E-state index contributed by atoms with van der Waals surface area (Å²) in [5.74, 6) is -1.21. The Morgan fingerprint density at radius 3 is 2.82 bits per heavy atom. The average molecular weight is 236 g/mol. The lowest BCUT2D eigenvalue weighted by Gasteiger charge is -2.21. The van der Waals surface area contributed by atoms with Crippen molar-refractivity contribution in [2.75, 3.05) is 13.7 Å². The first kappa shape index (κ1) is 12.1. The van der Waals surface area contributed by atoms with Gasteiger partial charge in [-0.3, -0.25) is 4.79 Å². The smallest absolute Gasteiger partial charge is 0.310 e. The zero-order valence-corrected chi connectivity index (χ0v) is 10.0. The Labute approximate surface area is 100 Å². The van der Waals surface area contributed by atoms with Crippen molar-refractivity contribution in [2.45, 2.75) is 25.2 Å². The molecule has 0 unspecified atom stereocenters. The molecular weight excluding hydrogens is 220 g/mol. The van der Waals surface area contributed by atoms with Crippen LogP contribution in [0, 0.1) is 0 Å². The Bertz CT molecular complexity index is 390. The van der Waals surface area contributed by atoms with Gasteiger partial charge in [0, 0.05) is 0 Å². The second-order valence-electron chi connectivity index (χ2n) is 4.21. The van der Waals surface area contributed by atoms with Gasteiger partial charge in [0.05, 0.1) is 20.1 Å².